The summed E-state index contributed by atoms with van der Waals surface area (Å²) in [4.78, 5) is 59.6. The Kier molecular flexibility index (Phi) is 16.5. The predicted octanol–water partition coefficient (Wildman–Crippen LogP) is 4.50. The highest BCUT2D eigenvalue weighted by molar-refractivity contribution is 5.97. The Balaban J connectivity index is 0.000000912. The Hall–Kier alpha value is -4.70. The van der Waals surface area contributed by atoms with E-state index in [1.54, 1.807) is 9.80 Å². The van der Waals surface area contributed by atoms with Gasteiger partial charge in [-0.2, -0.15) is 0 Å². The topological polar surface area (TPSA) is 173 Å². The van der Waals surface area contributed by atoms with Crippen LogP contribution in [0.25, 0.3) is 0 Å². The van der Waals surface area contributed by atoms with Gasteiger partial charge in [0, 0.05) is 88.9 Å². The number of benzene rings is 1. The molecule has 1 aromatic carbocycles. The highest BCUT2D eigenvalue weighted by atomic mass is 19.1. The summed E-state index contributed by atoms with van der Waals surface area (Å²) >= 11 is 0. The van der Waals surface area contributed by atoms with E-state index >= 15 is 0 Å². The van der Waals surface area contributed by atoms with Gasteiger partial charge in [-0.3, -0.25) is 14.5 Å². The van der Waals surface area contributed by atoms with Crippen LogP contribution in [0.2, 0.25) is 0 Å². The lowest BCUT2D eigenvalue weighted by molar-refractivity contribution is -0.134. The number of aromatic nitrogens is 3. The molecule has 15 nitrogen and oxygen atoms in total. The maximum Gasteiger partial charge on any atom is 0.328 e. The monoisotopic (exact) mass is 770 g/mol. The summed E-state index contributed by atoms with van der Waals surface area (Å²) in [6.45, 7) is 17.7. The van der Waals surface area contributed by atoms with Gasteiger partial charge >= 0.3 is 11.9 Å². The molecule has 2 aliphatic heterocycles. The summed E-state index contributed by atoms with van der Waals surface area (Å²) in [5.41, 5.74) is 0.315. The van der Waals surface area contributed by atoms with Crippen LogP contribution in [0.5, 0.6) is 11.6 Å². The highest BCUT2D eigenvalue weighted by Crippen LogP contribution is 2.44. The number of nitrogens with zero attached hydrogens (tertiary/aromatic N) is 8. The summed E-state index contributed by atoms with van der Waals surface area (Å²) < 4.78 is 20.5. The zero-order chi connectivity index (χ0) is 41.0. The molecule has 1 aromatic heterocycles. The minimum Gasteiger partial charge on any atom is -0.478 e. The minimum absolute atomic E-state index is 0.0504. The third-order valence-corrected chi connectivity index (χ3v) is 10.3. The molecule has 2 amide bonds. The van der Waals surface area contributed by atoms with Gasteiger partial charge in [-0.15, -0.1) is 10.2 Å². The number of ether oxygens (including phenoxy) is 1. The Morgan fingerprint density at radius 3 is 2.24 bits per heavy atom. The Bertz CT molecular complexity index is 1630. The third kappa shape index (κ3) is 12.7. The number of carboxylic acid groups (broad SMARTS) is 2. The predicted molar refractivity (Wildman–Crippen MR) is 207 cm³/mol. The fraction of sp³-hybridized carbons (Fsp3) is 0.615. The zero-order valence-electron chi connectivity index (χ0n) is 33.7. The average molecular weight is 771 g/mol. The van der Waals surface area contributed by atoms with Crippen LogP contribution in [0.1, 0.15) is 77.6 Å². The molecule has 2 aliphatic rings. The van der Waals surface area contributed by atoms with Crippen LogP contribution in [0, 0.1) is 17.2 Å². The van der Waals surface area contributed by atoms with Crippen molar-refractivity contribution in [3.63, 3.8) is 0 Å². The van der Waals surface area contributed by atoms with Crippen molar-refractivity contribution in [2.75, 3.05) is 65.3 Å². The van der Waals surface area contributed by atoms with E-state index in [2.05, 4.69) is 57.7 Å². The summed E-state index contributed by atoms with van der Waals surface area (Å²) in [6, 6.07) is 4.64. The molecule has 3 heterocycles. The molecule has 2 saturated heterocycles. The minimum atomic E-state index is -1.26. The maximum absolute atomic E-state index is 14.3. The standard InChI is InChI=1S/C35H55FN8O3.C4H4O4/c1-10-44(25(4)5)34(46)28-19-27(36)13-14-30(28)47-33-32(37-23-38-39-33)42-17-15-35(20-42)21-43(22-35)29(24(2)3)12-11-16-41(9)26(6)18-31(45)40(7)8;5-3(6)1-2-4(7)8/h13-14,19,23-26,29H,10-12,15-18,20-22H2,1-9H3;1-2H,(H,5,6)(H,7,8)/b;2-1+/t26?,29-;/m1./s1. The number of hydrogen-bond donors (Lipinski definition) is 2. The number of carbonyl (C=O) groups is 4. The van der Waals surface area contributed by atoms with Crippen LogP contribution >= 0.6 is 0 Å². The number of aliphatic carboxylic acids is 2. The largest absolute Gasteiger partial charge is 0.478 e. The molecule has 1 spiro atoms. The maximum atomic E-state index is 14.3. The van der Waals surface area contributed by atoms with E-state index in [-0.39, 0.29) is 46.5 Å². The van der Waals surface area contributed by atoms with Crippen molar-refractivity contribution in [3.8, 4) is 11.6 Å². The van der Waals surface area contributed by atoms with Gasteiger partial charge in [0.25, 0.3) is 11.8 Å². The second-order valence-corrected chi connectivity index (χ2v) is 15.4. The van der Waals surface area contributed by atoms with Crippen molar-refractivity contribution in [3.05, 3.63) is 48.1 Å². The van der Waals surface area contributed by atoms with E-state index in [9.17, 15) is 23.6 Å². The number of amides is 2. The van der Waals surface area contributed by atoms with E-state index in [4.69, 9.17) is 14.9 Å². The Morgan fingerprint density at radius 1 is 1.02 bits per heavy atom. The van der Waals surface area contributed by atoms with Gasteiger partial charge in [-0.25, -0.2) is 19.0 Å². The molecule has 1 unspecified atom stereocenters. The SMILES string of the molecule is CCN(C(=O)c1cc(F)ccc1Oc1nncnc1N1CCC2(C1)CN([C@H](CCCN(C)C(C)CC(=O)N(C)C)C(C)C)C2)C(C)C.O=C(O)/C=C/C(=O)O. The number of likely N-dealkylation sites (tertiary alicyclic amines) is 1. The van der Waals surface area contributed by atoms with Crippen molar-refractivity contribution in [1.29, 1.82) is 0 Å². The van der Waals surface area contributed by atoms with E-state index in [0.717, 1.165) is 52.0 Å². The molecule has 304 valence electrons. The third-order valence-electron chi connectivity index (χ3n) is 10.3. The Labute approximate surface area is 324 Å². The molecule has 4 rings (SSSR count). The van der Waals surface area contributed by atoms with Gasteiger partial charge in [0.15, 0.2) is 5.82 Å². The van der Waals surface area contributed by atoms with Crippen LogP contribution in [0.15, 0.2) is 36.7 Å². The number of halogens is 1. The molecule has 0 bridgehead atoms. The fourth-order valence-corrected chi connectivity index (χ4v) is 7.17. The molecule has 0 aliphatic carbocycles. The summed E-state index contributed by atoms with van der Waals surface area (Å²) in [5.74, 6) is -1.60. The molecular weight excluding hydrogens is 711 g/mol. The fourth-order valence-electron chi connectivity index (χ4n) is 7.17. The van der Waals surface area contributed by atoms with Crippen molar-refractivity contribution < 1.29 is 38.5 Å². The van der Waals surface area contributed by atoms with Crippen molar-refractivity contribution >= 4 is 29.6 Å². The smallest absolute Gasteiger partial charge is 0.328 e. The number of rotatable bonds is 17. The molecule has 0 radical (unpaired) electrons. The first kappa shape index (κ1) is 44.7. The zero-order valence-corrected chi connectivity index (χ0v) is 33.7. The van der Waals surface area contributed by atoms with Gasteiger partial charge in [0.2, 0.25) is 5.91 Å². The lowest BCUT2D eigenvalue weighted by Gasteiger charge is -2.53. The molecule has 2 atom stereocenters. The molecule has 55 heavy (non-hydrogen) atoms. The second-order valence-electron chi connectivity index (χ2n) is 15.4. The number of hydrogen-bond acceptors (Lipinski definition) is 11. The van der Waals surface area contributed by atoms with Crippen LogP contribution in [-0.2, 0) is 14.4 Å². The van der Waals surface area contributed by atoms with Crippen LogP contribution in [0.3, 0.4) is 0 Å². The molecular formula is C39H59FN8O7. The van der Waals surface area contributed by atoms with Gasteiger partial charge in [-0.1, -0.05) is 13.8 Å². The quantitative estimate of drug-likeness (QED) is 0.216. The molecule has 2 aromatic rings. The van der Waals surface area contributed by atoms with Crippen molar-refractivity contribution in [2.24, 2.45) is 11.3 Å². The van der Waals surface area contributed by atoms with Gasteiger partial charge in [0.05, 0.1) is 5.56 Å². The first-order valence-electron chi connectivity index (χ1n) is 18.9. The highest BCUT2D eigenvalue weighted by Gasteiger charge is 2.50. The lowest BCUT2D eigenvalue weighted by atomic mass is 9.76. The normalized spacial score (nSPS) is 16.2. The first-order chi connectivity index (χ1) is 25.9. The number of carbonyl (C=O) groups excluding carboxylic acids is 2. The van der Waals surface area contributed by atoms with Crippen LogP contribution in [0.4, 0.5) is 10.2 Å². The molecule has 0 saturated carbocycles. The van der Waals surface area contributed by atoms with Crippen molar-refractivity contribution in [2.45, 2.75) is 85.4 Å². The molecule has 2 N–H and O–H groups in total. The van der Waals surface area contributed by atoms with Crippen LogP contribution < -0.4 is 9.64 Å². The Morgan fingerprint density at radius 2 is 1.67 bits per heavy atom. The van der Waals surface area contributed by atoms with Gasteiger partial charge in [-0.05, 0) is 84.7 Å². The summed E-state index contributed by atoms with van der Waals surface area (Å²) in [7, 11) is 5.73. The van der Waals surface area contributed by atoms with E-state index < -0.39 is 17.8 Å². The molecule has 16 heteroatoms. The summed E-state index contributed by atoms with van der Waals surface area (Å²) in [5, 5.41) is 23.8. The van der Waals surface area contributed by atoms with Crippen LogP contribution in [-0.4, -0.2) is 147 Å². The lowest BCUT2D eigenvalue weighted by Crippen LogP contribution is -2.62. The number of anilines is 1. The van der Waals surface area contributed by atoms with Gasteiger partial charge < -0.3 is 34.5 Å². The van der Waals surface area contributed by atoms with Crippen molar-refractivity contribution in [1.82, 2.24) is 34.8 Å². The van der Waals surface area contributed by atoms with E-state index in [1.807, 2.05) is 34.9 Å². The van der Waals surface area contributed by atoms with E-state index in [0.29, 0.717) is 42.9 Å². The van der Waals surface area contributed by atoms with E-state index in [1.165, 1.54) is 24.5 Å². The average Bonchev–Trinajstić information content (AvgIpc) is 3.55. The summed E-state index contributed by atoms with van der Waals surface area (Å²) in [6.07, 6.45) is 6.31. The number of carboxylic acids is 2. The first-order valence-corrected chi connectivity index (χ1v) is 18.9. The molecule has 2 fully saturated rings. The van der Waals surface area contributed by atoms with Gasteiger partial charge in [0.1, 0.15) is 17.9 Å². The second kappa shape index (κ2) is 20.3.